The summed E-state index contributed by atoms with van der Waals surface area (Å²) in [4.78, 5) is 6.44. The van der Waals surface area contributed by atoms with E-state index in [4.69, 9.17) is 0 Å². The van der Waals surface area contributed by atoms with Crippen molar-refractivity contribution in [1.82, 2.24) is 4.98 Å². The van der Waals surface area contributed by atoms with Gasteiger partial charge in [0, 0.05) is 18.9 Å². The Morgan fingerprint density at radius 1 is 1.17 bits per heavy atom. The first-order valence-corrected chi connectivity index (χ1v) is 6.06. The maximum absolute atomic E-state index is 9.46. The summed E-state index contributed by atoms with van der Waals surface area (Å²) in [5, 5.41) is 9.46. The summed E-state index contributed by atoms with van der Waals surface area (Å²) in [6, 6.07) is 13.9. The van der Waals surface area contributed by atoms with Crippen molar-refractivity contribution in [1.29, 1.82) is 0 Å². The van der Waals surface area contributed by atoms with Gasteiger partial charge in [-0.3, -0.25) is 4.98 Å². The van der Waals surface area contributed by atoms with E-state index in [0.717, 1.165) is 23.5 Å². The molecule has 2 aromatic rings. The number of anilines is 1. The summed E-state index contributed by atoms with van der Waals surface area (Å²) in [6.45, 7) is 2.54. The van der Waals surface area contributed by atoms with E-state index in [0.29, 0.717) is 0 Å². The average Bonchev–Trinajstić information content (AvgIpc) is 2.40. The van der Waals surface area contributed by atoms with Crippen LogP contribution < -0.4 is 4.90 Å². The molecule has 3 nitrogen and oxygen atoms in total. The van der Waals surface area contributed by atoms with E-state index in [-0.39, 0.29) is 0 Å². The lowest BCUT2D eigenvalue weighted by Crippen LogP contribution is -2.17. The number of hydrogen-bond acceptors (Lipinski definition) is 3. The molecule has 0 saturated heterocycles. The Kier molecular flexibility index (Phi) is 3.95. The average molecular weight is 242 g/mol. The number of aliphatic hydroxyl groups excluding tert-OH is 1. The van der Waals surface area contributed by atoms with Gasteiger partial charge in [-0.05, 0) is 36.8 Å². The molecule has 1 aromatic carbocycles. The minimum atomic E-state index is -0.417. The van der Waals surface area contributed by atoms with Gasteiger partial charge in [0.1, 0.15) is 0 Å². The fraction of sp³-hybridized carbons (Fsp3) is 0.267. The van der Waals surface area contributed by atoms with Gasteiger partial charge in [-0.15, -0.1) is 0 Å². The van der Waals surface area contributed by atoms with Gasteiger partial charge in [0.05, 0.1) is 18.3 Å². The molecule has 0 aliphatic rings. The zero-order valence-electron chi connectivity index (χ0n) is 10.7. The smallest absolute Gasteiger partial charge is 0.0761 e. The minimum absolute atomic E-state index is 0.417. The summed E-state index contributed by atoms with van der Waals surface area (Å²) < 4.78 is 0. The highest BCUT2D eigenvalue weighted by Gasteiger charge is 2.04. The molecule has 1 atom stereocenters. The summed E-state index contributed by atoms with van der Waals surface area (Å²) in [5.41, 5.74) is 3.09. The third kappa shape index (κ3) is 3.08. The second kappa shape index (κ2) is 5.65. The number of rotatable bonds is 4. The van der Waals surface area contributed by atoms with Crippen molar-refractivity contribution in [2.24, 2.45) is 0 Å². The van der Waals surface area contributed by atoms with Crippen molar-refractivity contribution in [2.45, 2.75) is 19.6 Å². The van der Waals surface area contributed by atoms with E-state index in [1.54, 1.807) is 13.1 Å². The summed E-state index contributed by atoms with van der Waals surface area (Å²) >= 11 is 0. The fourth-order valence-electron chi connectivity index (χ4n) is 1.83. The van der Waals surface area contributed by atoms with Gasteiger partial charge in [0.25, 0.3) is 0 Å². The van der Waals surface area contributed by atoms with Crippen LogP contribution in [0.2, 0.25) is 0 Å². The molecule has 18 heavy (non-hydrogen) atoms. The molecule has 0 fully saturated rings. The molecule has 2 rings (SSSR count). The van der Waals surface area contributed by atoms with Crippen molar-refractivity contribution in [3.8, 4) is 0 Å². The summed E-state index contributed by atoms with van der Waals surface area (Å²) in [7, 11) is 2.03. The van der Waals surface area contributed by atoms with Crippen molar-refractivity contribution in [3.05, 3.63) is 59.9 Å². The van der Waals surface area contributed by atoms with Crippen molar-refractivity contribution >= 4 is 5.69 Å². The van der Waals surface area contributed by atoms with Crippen LogP contribution in [-0.2, 0) is 6.54 Å². The first-order chi connectivity index (χ1) is 8.66. The van der Waals surface area contributed by atoms with Gasteiger partial charge in [-0.2, -0.15) is 0 Å². The molecular weight excluding hydrogens is 224 g/mol. The highest BCUT2D eigenvalue weighted by Crippen LogP contribution is 2.19. The molecule has 1 aromatic heterocycles. The zero-order chi connectivity index (χ0) is 13.0. The second-order valence-corrected chi connectivity index (χ2v) is 4.44. The predicted octanol–water partition coefficient (Wildman–Crippen LogP) is 2.77. The first kappa shape index (κ1) is 12.6. The fourth-order valence-corrected chi connectivity index (χ4v) is 1.83. The third-order valence-electron chi connectivity index (χ3n) is 2.94. The lowest BCUT2D eigenvalue weighted by atomic mass is 10.1. The van der Waals surface area contributed by atoms with Crippen LogP contribution in [0.1, 0.15) is 24.3 Å². The molecule has 1 N–H and O–H groups in total. The van der Waals surface area contributed by atoms with E-state index in [1.807, 2.05) is 49.5 Å². The molecule has 0 saturated carbocycles. The van der Waals surface area contributed by atoms with Gasteiger partial charge in [0.2, 0.25) is 0 Å². The maximum atomic E-state index is 9.46. The number of nitrogens with zero attached hydrogens (tertiary/aromatic N) is 2. The number of benzene rings is 1. The van der Waals surface area contributed by atoms with Gasteiger partial charge >= 0.3 is 0 Å². The first-order valence-electron chi connectivity index (χ1n) is 6.06. The van der Waals surface area contributed by atoms with Gasteiger partial charge < -0.3 is 10.0 Å². The topological polar surface area (TPSA) is 36.4 Å². The van der Waals surface area contributed by atoms with Gasteiger partial charge in [0.15, 0.2) is 0 Å². The van der Waals surface area contributed by atoms with Crippen LogP contribution in [0.4, 0.5) is 5.69 Å². The molecule has 0 bridgehead atoms. The van der Waals surface area contributed by atoms with E-state index < -0.39 is 6.10 Å². The van der Waals surface area contributed by atoms with Crippen LogP contribution in [0.5, 0.6) is 0 Å². The molecule has 3 heteroatoms. The van der Waals surface area contributed by atoms with Gasteiger partial charge in [-0.25, -0.2) is 0 Å². The standard InChI is InChI=1S/C15H18N2O/c1-12(18)13-6-8-15(9-7-13)17(2)11-14-5-3-4-10-16-14/h3-10,12,18H,11H2,1-2H3/t12-/m0/s1. The van der Waals surface area contributed by atoms with Crippen molar-refractivity contribution in [3.63, 3.8) is 0 Å². The maximum Gasteiger partial charge on any atom is 0.0761 e. The van der Waals surface area contributed by atoms with E-state index >= 15 is 0 Å². The molecule has 0 unspecified atom stereocenters. The zero-order valence-corrected chi connectivity index (χ0v) is 10.7. The van der Waals surface area contributed by atoms with Crippen LogP contribution in [0.25, 0.3) is 0 Å². The second-order valence-electron chi connectivity index (χ2n) is 4.44. The number of aromatic nitrogens is 1. The highest BCUT2D eigenvalue weighted by atomic mass is 16.3. The molecular formula is C15H18N2O. The molecule has 0 aliphatic heterocycles. The SMILES string of the molecule is C[C@H](O)c1ccc(N(C)Cc2ccccn2)cc1. The van der Waals surface area contributed by atoms with E-state index in [9.17, 15) is 5.11 Å². The summed E-state index contributed by atoms with van der Waals surface area (Å²) in [5.74, 6) is 0. The molecule has 0 radical (unpaired) electrons. The van der Waals surface area contributed by atoms with Crippen molar-refractivity contribution in [2.75, 3.05) is 11.9 Å². The molecule has 0 aliphatic carbocycles. The number of pyridine rings is 1. The van der Waals surface area contributed by atoms with Crippen LogP contribution in [0.3, 0.4) is 0 Å². The molecule has 0 spiro atoms. The minimum Gasteiger partial charge on any atom is -0.389 e. The Morgan fingerprint density at radius 2 is 1.89 bits per heavy atom. The Morgan fingerprint density at radius 3 is 2.44 bits per heavy atom. The third-order valence-corrected chi connectivity index (χ3v) is 2.94. The van der Waals surface area contributed by atoms with E-state index in [1.165, 1.54) is 0 Å². The monoisotopic (exact) mass is 242 g/mol. The molecule has 0 amide bonds. The van der Waals surface area contributed by atoms with Crippen LogP contribution in [-0.4, -0.2) is 17.1 Å². The molecule has 1 heterocycles. The lowest BCUT2D eigenvalue weighted by molar-refractivity contribution is 0.199. The Labute approximate surface area is 108 Å². The molecule has 94 valence electrons. The van der Waals surface area contributed by atoms with Crippen LogP contribution in [0, 0.1) is 0 Å². The van der Waals surface area contributed by atoms with Gasteiger partial charge in [-0.1, -0.05) is 18.2 Å². The normalized spacial score (nSPS) is 12.2. The summed E-state index contributed by atoms with van der Waals surface area (Å²) in [6.07, 6.45) is 1.39. The Hall–Kier alpha value is -1.87. The highest BCUT2D eigenvalue weighted by molar-refractivity contribution is 5.47. The quantitative estimate of drug-likeness (QED) is 0.895. The predicted molar refractivity (Wildman–Crippen MR) is 73.4 cm³/mol. The number of hydrogen-bond donors (Lipinski definition) is 1. The lowest BCUT2D eigenvalue weighted by Gasteiger charge is -2.19. The van der Waals surface area contributed by atoms with Crippen LogP contribution in [0.15, 0.2) is 48.7 Å². The van der Waals surface area contributed by atoms with E-state index in [2.05, 4.69) is 9.88 Å². The largest absolute Gasteiger partial charge is 0.389 e. The van der Waals surface area contributed by atoms with Crippen molar-refractivity contribution < 1.29 is 5.11 Å². The Balaban J connectivity index is 2.07. The Bertz CT molecular complexity index is 480. The van der Waals surface area contributed by atoms with Crippen LogP contribution >= 0.6 is 0 Å². The number of aliphatic hydroxyl groups is 1.